The second-order valence-electron chi connectivity index (χ2n) is 17.0. The van der Waals surface area contributed by atoms with Crippen LogP contribution in [0.4, 0.5) is 31.5 Å². The number of urea groups is 1. The standard InChI is InChI=1S/C36H30F3N5O4.C13H14ClF2NO2/c37-24-14-23-18-43(35(47)42-11-9-36(38,39)30(20-42)48-21-22-6-2-1-3-7-22)13-12-41-19-26(25(15-24)34(23)41)32-28(45)16-29(46)33(32)27-17-40-31-8-4-5-10-44(27)31;14-12(18)17-7-6-13(15,16)11(8-17)19-9-10-4-2-1-3-5-10/h1-8,10,14-15,17,19,30H,9,11-13,16,18,20-21H2;1-5,11H,6-9H2. The molecule has 0 radical (unpaired) electrons. The number of Topliss-reactive ketones (excluding diaryl/α,β-unsaturated/α-hetero) is 2. The zero-order chi connectivity index (χ0) is 47.0. The molecule has 3 aromatic heterocycles. The number of halogens is 6. The van der Waals surface area contributed by atoms with Gasteiger partial charge in [-0.05, 0) is 52.6 Å². The van der Waals surface area contributed by atoms with Gasteiger partial charge in [0.05, 0.1) is 55.7 Å². The van der Waals surface area contributed by atoms with Crippen molar-refractivity contribution in [3.63, 3.8) is 0 Å². The van der Waals surface area contributed by atoms with Gasteiger partial charge in [-0.15, -0.1) is 0 Å². The van der Waals surface area contributed by atoms with E-state index in [9.17, 15) is 36.7 Å². The maximum atomic E-state index is 15.3. The highest BCUT2D eigenvalue weighted by Gasteiger charge is 2.48. The molecule has 67 heavy (non-hydrogen) atoms. The third-order valence-corrected chi connectivity index (χ3v) is 12.8. The molecule has 4 aliphatic rings. The molecule has 0 spiro atoms. The van der Waals surface area contributed by atoms with Crippen molar-refractivity contribution in [3.05, 3.63) is 143 Å². The molecule has 0 saturated carbocycles. The highest BCUT2D eigenvalue weighted by Crippen LogP contribution is 2.41. The van der Waals surface area contributed by atoms with Gasteiger partial charge in [0.25, 0.3) is 11.8 Å². The molecule has 6 aromatic rings. The number of alkyl halides is 4. The summed E-state index contributed by atoms with van der Waals surface area (Å²) in [5.41, 5.74) is 4.72. The average molecular weight is 943 g/mol. The van der Waals surface area contributed by atoms with Crippen LogP contribution in [0.15, 0.2) is 110 Å². The number of piperidine rings is 2. The van der Waals surface area contributed by atoms with Crippen LogP contribution in [0.1, 0.15) is 47.2 Å². The smallest absolute Gasteiger partial charge is 0.320 e. The minimum absolute atomic E-state index is 0.00456. The Morgan fingerprint density at radius 1 is 0.731 bits per heavy atom. The van der Waals surface area contributed by atoms with E-state index in [1.54, 1.807) is 71.5 Å². The molecule has 1 aliphatic carbocycles. The van der Waals surface area contributed by atoms with Gasteiger partial charge in [-0.2, -0.15) is 0 Å². The maximum Gasteiger partial charge on any atom is 0.320 e. The van der Waals surface area contributed by atoms with Gasteiger partial charge < -0.3 is 28.7 Å². The van der Waals surface area contributed by atoms with E-state index in [2.05, 4.69) is 4.98 Å². The number of aromatic nitrogens is 3. The second-order valence-corrected chi connectivity index (χ2v) is 17.3. The highest BCUT2D eigenvalue weighted by atomic mass is 35.5. The first-order chi connectivity index (χ1) is 32.2. The number of ether oxygens (including phenoxy) is 2. The maximum absolute atomic E-state index is 15.3. The van der Waals surface area contributed by atoms with E-state index in [1.165, 1.54) is 26.8 Å². The summed E-state index contributed by atoms with van der Waals surface area (Å²) in [7, 11) is 0. The number of pyridine rings is 1. The number of hydrogen-bond acceptors (Lipinski definition) is 7. The number of likely N-dealkylation sites (tertiary alicyclic amines) is 2. The van der Waals surface area contributed by atoms with Crippen LogP contribution < -0.4 is 0 Å². The Balaban J connectivity index is 0.000000248. The molecule has 0 bridgehead atoms. The van der Waals surface area contributed by atoms with Gasteiger partial charge in [0.2, 0.25) is 0 Å². The number of hydrogen-bond donors (Lipinski definition) is 0. The molecule has 3 aliphatic heterocycles. The number of nitrogens with zero attached hydrogens (tertiary/aromatic N) is 6. The number of amides is 3. The number of imidazole rings is 1. The van der Waals surface area contributed by atoms with Gasteiger partial charge in [-0.25, -0.2) is 31.7 Å². The number of fused-ring (bicyclic) bond motifs is 1. The fourth-order valence-corrected chi connectivity index (χ4v) is 9.26. The van der Waals surface area contributed by atoms with E-state index in [1.807, 2.05) is 34.9 Å². The van der Waals surface area contributed by atoms with Crippen LogP contribution >= 0.6 is 11.6 Å². The Morgan fingerprint density at radius 3 is 1.97 bits per heavy atom. The molecular formula is C49H44ClF5N6O6. The van der Waals surface area contributed by atoms with E-state index in [0.29, 0.717) is 39.9 Å². The molecule has 2 saturated heterocycles. The van der Waals surface area contributed by atoms with E-state index < -0.39 is 54.1 Å². The van der Waals surface area contributed by atoms with Crippen molar-refractivity contribution >= 4 is 62.3 Å². The summed E-state index contributed by atoms with van der Waals surface area (Å²) in [5, 5.41) is -0.264. The fraction of sp³-hybridized carbons (Fsp3) is 0.327. The van der Waals surface area contributed by atoms with E-state index in [4.69, 9.17) is 21.1 Å². The molecule has 2 fully saturated rings. The van der Waals surface area contributed by atoms with Crippen LogP contribution in [-0.4, -0.2) is 108 Å². The van der Waals surface area contributed by atoms with Crippen LogP contribution in [0.3, 0.4) is 0 Å². The van der Waals surface area contributed by atoms with Gasteiger partial charge >= 0.3 is 11.4 Å². The third-order valence-electron chi connectivity index (χ3n) is 12.6. The van der Waals surface area contributed by atoms with Crippen LogP contribution in [0.25, 0.3) is 27.7 Å². The van der Waals surface area contributed by atoms with E-state index >= 15 is 4.39 Å². The number of benzene rings is 3. The Bertz CT molecular complexity index is 2890. The first-order valence-corrected chi connectivity index (χ1v) is 22.1. The van der Waals surface area contributed by atoms with Crippen molar-refractivity contribution < 1.29 is 50.6 Å². The molecule has 2 atom stereocenters. The minimum atomic E-state index is -3.09. The average Bonchev–Trinajstić information content (AvgIpc) is 3.94. The lowest BCUT2D eigenvalue weighted by Gasteiger charge is -2.40. The lowest BCUT2D eigenvalue weighted by molar-refractivity contribution is -0.171. The lowest BCUT2D eigenvalue weighted by atomic mass is 9.98. The SMILES string of the molecule is O=C(Cl)N1CCC(F)(F)C(OCc2ccccc2)C1.O=C1CC(=O)C(c2cnc3ccccn23)=C1c1cn2c3c(cc(F)cc13)CN(C(=O)N1CCC(F)(F)C(OCc3ccccc3)C1)CC2. The largest absolute Gasteiger partial charge is 0.365 e. The predicted octanol–water partition coefficient (Wildman–Crippen LogP) is 9.01. The van der Waals surface area contributed by atoms with Gasteiger partial charge in [0.1, 0.15) is 23.7 Å². The van der Waals surface area contributed by atoms with Crippen molar-refractivity contribution in [1.29, 1.82) is 0 Å². The summed E-state index contributed by atoms with van der Waals surface area (Å²) in [6, 6.07) is 25.8. The molecule has 0 N–H and O–H groups in total. The number of carbonyl (C=O) groups is 4. The van der Waals surface area contributed by atoms with Crippen LogP contribution in [0, 0.1) is 5.82 Å². The van der Waals surface area contributed by atoms with Crippen molar-refractivity contribution in [2.45, 2.75) is 69.6 Å². The van der Waals surface area contributed by atoms with Crippen molar-refractivity contribution in [2.24, 2.45) is 0 Å². The normalized spacial score (nSPS) is 20.3. The van der Waals surface area contributed by atoms with Gasteiger partial charge in [0.15, 0.2) is 11.6 Å². The molecule has 3 amide bonds. The summed E-state index contributed by atoms with van der Waals surface area (Å²) < 4.78 is 87.0. The number of allylic oxidation sites excluding steroid dienone is 2. The molecule has 10 rings (SSSR count). The van der Waals surface area contributed by atoms with Gasteiger partial charge in [0, 0.05) is 74.5 Å². The topological polar surface area (TPSA) is 119 Å². The first kappa shape index (κ1) is 45.7. The fourth-order valence-electron chi connectivity index (χ4n) is 9.10. The first-order valence-electron chi connectivity index (χ1n) is 21.8. The van der Waals surface area contributed by atoms with Gasteiger partial charge in [-0.3, -0.25) is 18.8 Å². The van der Waals surface area contributed by atoms with Crippen molar-refractivity contribution in [1.82, 2.24) is 28.7 Å². The predicted molar refractivity (Wildman–Crippen MR) is 238 cm³/mol. The molecule has 3 aromatic carbocycles. The molecule has 348 valence electrons. The Morgan fingerprint density at radius 2 is 1.33 bits per heavy atom. The Hall–Kier alpha value is -6.43. The Kier molecular flexibility index (Phi) is 12.8. The minimum Gasteiger partial charge on any atom is -0.365 e. The molecule has 2 unspecified atom stereocenters. The van der Waals surface area contributed by atoms with Gasteiger partial charge in [-0.1, -0.05) is 66.7 Å². The zero-order valence-corrected chi connectivity index (χ0v) is 36.7. The number of carbonyl (C=O) groups excluding carboxylic acids is 4. The summed E-state index contributed by atoms with van der Waals surface area (Å²) >= 11 is 5.32. The Labute approximate surface area is 386 Å². The van der Waals surface area contributed by atoms with Crippen LogP contribution in [0.5, 0.6) is 0 Å². The summed E-state index contributed by atoms with van der Waals surface area (Å²) in [4.78, 5) is 60.0. The van der Waals surface area contributed by atoms with Crippen LogP contribution in [-0.2, 0) is 45.4 Å². The summed E-state index contributed by atoms with van der Waals surface area (Å²) in [6.07, 6.45) is 1.03. The van der Waals surface area contributed by atoms with Crippen molar-refractivity contribution in [2.75, 3.05) is 32.7 Å². The highest BCUT2D eigenvalue weighted by molar-refractivity contribution is 6.62. The number of rotatable bonds is 8. The monoisotopic (exact) mass is 942 g/mol. The van der Waals surface area contributed by atoms with E-state index in [-0.39, 0.29) is 81.6 Å². The summed E-state index contributed by atoms with van der Waals surface area (Å²) in [5.74, 6) is -7.28. The molecule has 18 heteroatoms. The third kappa shape index (κ3) is 9.45. The second kappa shape index (κ2) is 18.7. The zero-order valence-electron chi connectivity index (χ0n) is 35.9. The van der Waals surface area contributed by atoms with Crippen molar-refractivity contribution in [3.8, 4) is 0 Å². The summed E-state index contributed by atoms with van der Waals surface area (Å²) in [6.45, 7) is -0.0000317. The van der Waals surface area contributed by atoms with E-state index in [0.717, 1.165) is 11.1 Å². The quantitative estimate of drug-likeness (QED) is 0.0647. The lowest BCUT2D eigenvalue weighted by Crippen LogP contribution is -2.56. The molecule has 12 nitrogen and oxygen atoms in total. The number of ketones is 2. The van der Waals surface area contributed by atoms with Crippen LogP contribution in [0.2, 0.25) is 0 Å². The molecule has 6 heterocycles. The molecular weight excluding hydrogens is 899 g/mol.